The fourth-order valence-electron chi connectivity index (χ4n) is 1.00. The zero-order valence-corrected chi connectivity index (χ0v) is 7.19. The van der Waals surface area contributed by atoms with E-state index >= 15 is 0 Å². The van der Waals surface area contributed by atoms with Gasteiger partial charge in [0.1, 0.15) is 11.9 Å². The number of imidazole rings is 1. The van der Waals surface area contributed by atoms with Gasteiger partial charge in [0, 0.05) is 6.42 Å². The maximum atomic E-state index is 10.8. The highest BCUT2D eigenvalue weighted by Gasteiger charge is 2.15. The Balaban J connectivity index is 2.67. The topological polar surface area (TPSA) is 72.1 Å². The Hall–Kier alpha value is -1.65. The first-order chi connectivity index (χ1) is 6.24. The summed E-state index contributed by atoms with van der Waals surface area (Å²) >= 11 is 0. The number of ketones is 1. The maximum absolute atomic E-state index is 10.8. The van der Waals surface area contributed by atoms with Gasteiger partial charge in [0.2, 0.25) is 0 Å². The molecule has 0 saturated heterocycles. The summed E-state index contributed by atoms with van der Waals surface area (Å²) in [6.45, 7) is 1.77. The summed E-state index contributed by atoms with van der Waals surface area (Å²) in [5.74, 6) is -0.0403. The number of hydrogen-bond acceptors (Lipinski definition) is 4. The quantitative estimate of drug-likeness (QED) is 0.677. The highest BCUT2D eigenvalue weighted by molar-refractivity contribution is 5.76. The molecule has 13 heavy (non-hydrogen) atoms. The number of nitrogens with zero attached hydrogens (tertiary/aromatic N) is 1. The van der Waals surface area contributed by atoms with Crippen molar-refractivity contribution in [2.75, 3.05) is 0 Å². The molecule has 0 aromatic carbocycles. The molecule has 0 bridgehead atoms. The molecule has 0 amide bonds. The lowest BCUT2D eigenvalue weighted by molar-refractivity contribution is -0.136. The van der Waals surface area contributed by atoms with Gasteiger partial charge in [-0.1, -0.05) is 0 Å². The van der Waals surface area contributed by atoms with Crippen LogP contribution < -0.4 is 0 Å². The standard InChI is InChI=1S/C8H10N2O3/c1-6(12)2-8(13-5-11)7-3-9-4-10-7/h3-5,8H,2H2,1H3,(H,9,10). The van der Waals surface area contributed by atoms with Crippen LogP contribution in [-0.4, -0.2) is 22.2 Å². The Morgan fingerprint density at radius 1 is 1.85 bits per heavy atom. The smallest absolute Gasteiger partial charge is 0.293 e. The average Bonchev–Trinajstić information content (AvgIpc) is 2.54. The second-order valence-corrected chi connectivity index (χ2v) is 2.63. The van der Waals surface area contributed by atoms with Crippen molar-refractivity contribution in [2.45, 2.75) is 19.4 Å². The van der Waals surface area contributed by atoms with E-state index in [2.05, 4.69) is 9.97 Å². The SMILES string of the molecule is CC(=O)CC(OC=O)c1cnc[nH]1. The molecule has 5 nitrogen and oxygen atoms in total. The molecule has 0 saturated carbocycles. The molecule has 1 aromatic heterocycles. The molecule has 0 aliphatic carbocycles. The molecule has 0 aliphatic heterocycles. The molecule has 0 fully saturated rings. The summed E-state index contributed by atoms with van der Waals surface area (Å²) in [5, 5.41) is 0. The average molecular weight is 182 g/mol. The molecule has 0 radical (unpaired) electrons. The van der Waals surface area contributed by atoms with Crippen LogP contribution in [0.3, 0.4) is 0 Å². The van der Waals surface area contributed by atoms with Crippen LogP contribution in [0.5, 0.6) is 0 Å². The van der Waals surface area contributed by atoms with Gasteiger partial charge < -0.3 is 9.72 Å². The van der Waals surface area contributed by atoms with Crippen molar-refractivity contribution >= 4 is 12.3 Å². The second kappa shape index (κ2) is 4.39. The minimum Gasteiger partial charge on any atom is -0.458 e. The van der Waals surface area contributed by atoms with Crippen LogP contribution in [0.4, 0.5) is 0 Å². The monoisotopic (exact) mass is 182 g/mol. The van der Waals surface area contributed by atoms with Crippen molar-refractivity contribution < 1.29 is 14.3 Å². The van der Waals surface area contributed by atoms with E-state index in [4.69, 9.17) is 4.74 Å². The Morgan fingerprint density at radius 2 is 2.62 bits per heavy atom. The summed E-state index contributed by atoms with van der Waals surface area (Å²) in [7, 11) is 0. The Kier molecular flexibility index (Phi) is 3.19. The van der Waals surface area contributed by atoms with Gasteiger partial charge in [-0.15, -0.1) is 0 Å². The third kappa shape index (κ3) is 2.70. The highest BCUT2D eigenvalue weighted by atomic mass is 16.5. The van der Waals surface area contributed by atoms with Crippen LogP contribution in [0.1, 0.15) is 25.1 Å². The van der Waals surface area contributed by atoms with Gasteiger partial charge in [-0.3, -0.25) is 9.59 Å². The summed E-state index contributed by atoms with van der Waals surface area (Å²) in [4.78, 5) is 27.5. The lowest BCUT2D eigenvalue weighted by Crippen LogP contribution is -2.08. The fraction of sp³-hybridized carbons (Fsp3) is 0.375. The third-order valence-corrected chi connectivity index (χ3v) is 1.56. The molecule has 1 heterocycles. The summed E-state index contributed by atoms with van der Waals surface area (Å²) in [5.41, 5.74) is 0.627. The molecular formula is C8H10N2O3. The van der Waals surface area contributed by atoms with Gasteiger partial charge in [-0.25, -0.2) is 4.98 Å². The van der Waals surface area contributed by atoms with Gasteiger partial charge in [0.25, 0.3) is 6.47 Å². The maximum Gasteiger partial charge on any atom is 0.293 e. The molecule has 1 aromatic rings. The minimum absolute atomic E-state index is 0.0403. The first-order valence-electron chi connectivity index (χ1n) is 3.81. The van der Waals surface area contributed by atoms with Gasteiger partial charge in [-0.2, -0.15) is 0 Å². The molecule has 5 heteroatoms. The number of aromatic amines is 1. The van der Waals surface area contributed by atoms with Crippen LogP contribution >= 0.6 is 0 Å². The largest absolute Gasteiger partial charge is 0.458 e. The number of H-pyrrole nitrogens is 1. The number of Topliss-reactive ketones (excluding diaryl/α,β-unsaturated/α-hetero) is 1. The van der Waals surface area contributed by atoms with Crippen molar-refractivity contribution in [2.24, 2.45) is 0 Å². The molecular weight excluding hydrogens is 172 g/mol. The minimum atomic E-state index is -0.544. The van der Waals surface area contributed by atoms with Crippen LogP contribution in [0.2, 0.25) is 0 Å². The van der Waals surface area contributed by atoms with Crippen LogP contribution in [-0.2, 0) is 14.3 Å². The van der Waals surface area contributed by atoms with E-state index in [1.54, 1.807) is 0 Å². The first-order valence-corrected chi connectivity index (χ1v) is 3.81. The van der Waals surface area contributed by atoms with E-state index in [1.807, 2.05) is 0 Å². The number of hydrogen-bond donors (Lipinski definition) is 1. The summed E-state index contributed by atoms with van der Waals surface area (Å²) in [6, 6.07) is 0. The number of carbonyl (C=O) groups excluding carboxylic acids is 2. The van der Waals surface area contributed by atoms with E-state index in [1.165, 1.54) is 19.4 Å². The number of carbonyl (C=O) groups is 2. The second-order valence-electron chi connectivity index (χ2n) is 2.63. The molecule has 0 aliphatic rings. The molecule has 1 unspecified atom stereocenters. The van der Waals surface area contributed by atoms with Crippen LogP contribution in [0, 0.1) is 0 Å². The van der Waals surface area contributed by atoms with E-state index in [0.717, 1.165) is 0 Å². The molecule has 1 rings (SSSR count). The molecule has 1 atom stereocenters. The lowest BCUT2D eigenvalue weighted by atomic mass is 10.1. The Labute approximate surface area is 75.1 Å². The first kappa shape index (κ1) is 9.44. The van der Waals surface area contributed by atoms with Crippen LogP contribution in [0.15, 0.2) is 12.5 Å². The van der Waals surface area contributed by atoms with E-state index in [9.17, 15) is 9.59 Å². The van der Waals surface area contributed by atoms with Crippen LogP contribution in [0.25, 0.3) is 0 Å². The zero-order chi connectivity index (χ0) is 9.68. The number of ether oxygens (including phenoxy) is 1. The van der Waals surface area contributed by atoms with E-state index < -0.39 is 6.10 Å². The van der Waals surface area contributed by atoms with Gasteiger partial charge in [-0.05, 0) is 6.92 Å². The van der Waals surface area contributed by atoms with Crippen molar-refractivity contribution in [3.8, 4) is 0 Å². The number of aromatic nitrogens is 2. The van der Waals surface area contributed by atoms with Crippen molar-refractivity contribution in [3.63, 3.8) is 0 Å². The molecule has 1 N–H and O–H groups in total. The predicted molar refractivity (Wildman–Crippen MR) is 43.8 cm³/mol. The van der Waals surface area contributed by atoms with Gasteiger partial charge in [0.15, 0.2) is 0 Å². The zero-order valence-electron chi connectivity index (χ0n) is 7.19. The van der Waals surface area contributed by atoms with Gasteiger partial charge >= 0.3 is 0 Å². The van der Waals surface area contributed by atoms with Gasteiger partial charge in [0.05, 0.1) is 18.2 Å². The summed E-state index contributed by atoms with van der Waals surface area (Å²) < 4.78 is 4.72. The Morgan fingerprint density at radius 3 is 3.08 bits per heavy atom. The fourth-order valence-corrected chi connectivity index (χ4v) is 1.00. The molecule has 0 spiro atoms. The van der Waals surface area contributed by atoms with E-state index in [0.29, 0.717) is 12.2 Å². The molecule has 70 valence electrons. The Bertz CT molecular complexity index is 282. The highest BCUT2D eigenvalue weighted by Crippen LogP contribution is 2.17. The predicted octanol–water partition coefficient (Wildman–Crippen LogP) is 0.603. The third-order valence-electron chi connectivity index (χ3n) is 1.56. The number of nitrogens with one attached hydrogen (secondary N) is 1. The van der Waals surface area contributed by atoms with Crippen molar-refractivity contribution in [3.05, 3.63) is 18.2 Å². The van der Waals surface area contributed by atoms with Crippen molar-refractivity contribution in [1.29, 1.82) is 0 Å². The number of rotatable bonds is 5. The lowest BCUT2D eigenvalue weighted by Gasteiger charge is -2.10. The van der Waals surface area contributed by atoms with E-state index in [-0.39, 0.29) is 12.2 Å². The van der Waals surface area contributed by atoms with Crippen molar-refractivity contribution in [1.82, 2.24) is 9.97 Å². The summed E-state index contributed by atoms with van der Waals surface area (Å²) in [6.07, 6.45) is 2.62. The normalized spacial score (nSPS) is 12.1.